The van der Waals surface area contributed by atoms with Crippen molar-refractivity contribution in [3.05, 3.63) is 50.8 Å². The first-order valence-corrected chi connectivity index (χ1v) is 7.22. The zero-order chi connectivity index (χ0) is 17.6. The summed E-state index contributed by atoms with van der Waals surface area (Å²) in [6.07, 6.45) is 2.28. The molecule has 0 bridgehead atoms. The Morgan fingerprint density at radius 2 is 1.67 bits per heavy atom. The summed E-state index contributed by atoms with van der Waals surface area (Å²) >= 11 is 5.88. The number of halogens is 1. The largest absolute Gasteiger partial charge is 0.463 e. The standard InChI is InChI=1S/C16H11ClN2O5/c1-18-14(21)11(15(22)19(2)16(18)23)5-8-7-24-12-4-3-9(17)6-10(12)13(8)20/h3-7H,1-2H3. The van der Waals surface area contributed by atoms with Gasteiger partial charge in [-0.05, 0) is 24.3 Å². The van der Waals surface area contributed by atoms with Gasteiger partial charge in [0.25, 0.3) is 11.8 Å². The van der Waals surface area contributed by atoms with Crippen molar-refractivity contribution >= 4 is 46.5 Å². The molecule has 1 aliphatic rings. The summed E-state index contributed by atoms with van der Waals surface area (Å²) in [4.78, 5) is 50.1. The average molecular weight is 347 g/mol. The summed E-state index contributed by atoms with van der Waals surface area (Å²) in [5.74, 6) is -1.57. The summed E-state index contributed by atoms with van der Waals surface area (Å²) < 4.78 is 5.35. The summed E-state index contributed by atoms with van der Waals surface area (Å²) in [5, 5.41) is 0.583. The van der Waals surface area contributed by atoms with Gasteiger partial charge < -0.3 is 4.42 Å². The molecule has 1 aliphatic heterocycles. The first-order valence-electron chi connectivity index (χ1n) is 6.84. The molecule has 0 spiro atoms. The van der Waals surface area contributed by atoms with Gasteiger partial charge in [0.2, 0.25) is 0 Å². The number of urea groups is 1. The Bertz CT molecular complexity index is 966. The quantitative estimate of drug-likeness (QED) is 0.581. The third-order valence-corrected chi connectivity index (χ3v) is 3.94. The molecule has 0 saturated carbocycles. The minimum absolute atomic E-state index is 0.0117. The molecule has 0 radical (unpaired) electrons. The number of carbonyl (C=O) groups is 3. The van der Waals surface area contributed by atoms with E-state index in [4.69, 9.17) is 16.0 Å². The molecule has 1 aromatic carbocycles. The second-order valence-electron chi connectivity index (χ2n) is 5.23. The topological polar surface area (TPSA) is 87.9 Å². The molecule has 1 saturated heterocycles. The first kappa shape index (κ1) is 15.9. The van der Waals surface area contributed by atoms with Gasteiger partial charge in [-0.3, -0.25) is 24.2 Å². The van der Waals surface area contributed by atoms with Gasteiger partial charge in [-0.2, -0.15) is 0 Å². The van der Waals surface area contributed by atoms with Crippen molar-refractivity contribution in [2.75, 3.05) is 14.1 Å². The van der Waals surface area contributed by atoms with E-state index in [-0.39, 0.29) is 16.5 Å². The lowest BCUT2D eigenvalue weighted by Gasteiger charge is -2.28. The summed E-state index contributed by atoms with van der Waals surface area (Å²) in [5.41, 5.74) is -0.391. The number of barbiturate groups is 1. The van der Waals surface area contributed by atoms with Gasteiger partial charge in [0, 0.05) is 19.1 Å². The van der Waals surface area contributed by atoms with Crippen LogP contribution in [0.2, 0.25) is 5.02 Å². The van der Waals surface area contributed by atoms with Crippen LogP contribution in [0.5, 0.6) is 0 Å². The number of likely N-dealkylation sites (N-methyl/N-ethyl adjacent to an activating group) is 2. The molecule has 2 heterocycles. The summed E-state index contributed by atoms with van der Waals surface area (Å²) in [7, 11) is 2.51. The van der Waals surface area contributed by atoms with Crippen LogP contribution < -0.4 is 5.43 Å². The molecule has 24 heavy (non-hydrogen) atoms. The van der Waals surface area contributed by atoms with Gasteiger partial charge in [-0.15, -0.1) is 0 Å². The van der Waals surface area contributed by atoms with E-state index in [1.54, 1.807) is 12.1 Å². The normalized spacial score (nSPS) is 15.5. The van der Waals surface area contributed by atoms with Crippen molar-refractivity contribution in [3.8, 4) is 0 Å². The van der Waals surface area contributed by atoms with E-state index in [9.17, 15) is 19.2 Å². The van der Waals surface area contributed by atoms with Crippen molar-refractivity contribution in [2.45, 2.75) is 0 Å². The monoisotopic (exact) mass is 346 g/mol. The number of hydrogen-bond acceptors (Lipinski definition) is 5. The predicted molar refractivity (Wildman–Crippen MR) is 86.4 cm³/mol. The molecule has 4 amide bonds. The second-order valence-corrected chi connectivity index (χ2v) is 5.67. The van der Waals surface area contributed by atoms with Gasteiger partial charge in [0.05, 0.1) is 10.9 Å². The predicted octanol–water partition coefficient (Wildman–Crippen LogP) is 1.88. The third-order valence-electron chi connectivity index (χ3n) is 3.71. The van der Waals surface area contributed by atoms with Crippen LogP contribution in [0.25, 0.3) is 17.0 Å². The molecule has 8 heteroatoms. The first-order chi connectivity index (χ1) is 11.3. The lowest BCUT2D eigenvalue weighted by molar-refractivity contribution is -0.134. The molecule has 1 aromatic heterocycles. The van der Waals surface area contributed by atoms with Crippen molar-refractivity contribution in [2.24, 2.45) is 0 Å². The number of imide groups is 2. The van der Waals surface area contributed by atoms with E-state index in [0.29, 0.717) is 10.6 Å². The molecular weight excluding hydrogens is 336 g/mol. The maximum Gasteiger partial charge on any atom is 0.333 e. The molecule has 0 unspecified atom stereocenters. The van der Waals surface area contributed by atoms with Crippen molar-refractivity contribution < 1.29 is 18.8 Å². The highest BCUT2D eigenvalue weighted by molar-refractivity contribution is 6.31. The van der Waals surface area contributed by atoms with Crippen LogP contribution in [0.15, 0.2) is 39.2 Å². The fourth-order valence-electron chi connectivity index (χ4n) is 2.35. The zero-order valence-electron chi connectivity index (χ0n) is 12.7. The van der Waals surface area contributed by atoms with E-state index in [1.165, 1.54) is 20.2 Å². The minimum Gasteiger partial charge on any atom is -0.463 e. The Labute approximate surface area is 140 Å². The van der Waals surface area contributed by atoms with Crippen LogP contribution in [0.1, 0.15) is 5.56 Å². The molecule has 7 nitrogen and oxygen atoms in total. The number of benzene rings is 1. The number of carbonyl (C=O) groups excluding carboxylic acids is 3. The molecule has 0 N–H and O–H groups in total. The lowest BCUT2D eigenvalue weighted by Crippen LogP contribution is -2.53. The van der Waals surface area contributed by atoms with Crippen LogP contribution >= 0.6 is 11.6 Å². The SMILES string of the molecule is CN1C(=O)C(=Cc2coc3ccc(Cl)cc3c2=O)C(=O)N(C)C1=O. The molecule has 1 fully saturated rings. The maximum absolute atomic E-state index is 12.5. The van der Waals surface area contributed by atoms with Crippen molar-refractivity contribution in [1.29, 1.82) is 0 Å². The molecule has 3 rings (SSSR count). The Kier molecular flexibility index (Phi) is 3.73. The summed E-state index contributed by atoms with van der Waals surface area (Å²) in [6, 6.07) is 3.83. The van der Waals surface area contributed by atoms with Crippen LogP contribution in [0.3, 0.4) is 0 Å². The van der Waals surface area contributed by atoms with E-state index in [1.807, 2.05) is 0 Å². The zero-order valence-corrected chi connectivity index (χ0v) is 13.5. The summed E-state index contributed by atoms with van der Waals surface area (Å²) in [6.45, 7) is 0. The second kappa shape index (κ2) is 5.61. The smallest absolute Gasteiger partial charge is 0.333 e. The van der Waals surface area contributed by atoms with Crippen molar-refractivity contribution in [1.82, 2.24) is 9.80 Å². The Morgan fingerprint density at radius 1 is 1.04 bits per heavy atom. The van der Waals surface area contributed by atoms with Gasteiger partial charge in [-0.25, -0.2) is 4.79 Å². The Balaban J connectivity index is 2.17. The number of rotatable bonds is 1. The minimum atomic E-state index is -0.784. The van der Waals surface area contributed by atoms with Gasteiger partial charge in [0.15, 0.2) is 5.43 Å². The molecular formula is C16H11ClN2O5. The van der Waals surface area contributed by atoms with Crippen LogP contribution in [0, 0.1) is 0 Å². The molecule has 0 aliphatic carbocycles. The fourth-order valence-corrected chi connectivity index (χ4v) is 2.52. The molecule has 122 valence electrons. The van der Waals surface area contributed by atoms with Crippen LogP contribution in [-0.2, 0) is 9.59 Å². The van der Waals surface area contributed by atoms with Crippen LogP contribution in [-0.4, -0.2) is 41.7 Å². The van der Waals surface area contributed by atoms with E-state index < -0.39 is 23.3 Å². The highest BCUT2D eigenvalue weighted by Gasteiger charge is 2.37. The maximum atomic E-state index is 12.5. The van der Waals surface area contributed by atoms with Crippen LogP contribution in [0.4, 0.5) is 4.79 Å². The number of fused-ring (bicyclic) bond motifs is 1. The Morgan fingerprint density at radius 3 is 2.29 bits per heavy atom. The lowest BCUT2D eigenvalue weighted by atomic mass is 10.1. The number of nitrogens with zero attached hydrogens (tertiary/aromatic N) is 2. The highest BCUT2D eigenvalue weighted by Crippen LogP contribution is 2.20. The highest BCUT2D eigenvalue weighted by atomic mass is 35.5. The van der Waals surface area contributed by atoms with Gasteiger partial charge in [-0.1, -0.05) is 11.6 Å². The number of amides is 4. The van der Waals surface area contributed by atoms with Gasteiger partial charge in [0.1, 0.15) is 17.4 Å². The van der Waals surface area contributed by atoms with Crippen molar-refractivity contribution in [3.63, 3.8) is 0 Å². The van der Waals surface area contributed by atoms with E-state index in [2.05, 4.69) is 0 Å². The number of hydrogen-bond donors (Lipinski definition) is 0. The fraction of sp³-hybridized carbons (Fsp3) is 0.125. The van der Waals surface area contributed by atoms with Gasteiger partial charge >= 0.3 is 6.03 Å². The molecule has 2 aromatic rings. The third kappa shape index (κ3) is 2.39. The van der Waals surface area contributed by atoms with E-state index >= 15 is 0 Å². The van der Waals surface area contributed by atoms with E-state index in [0.717, 1.165) is 22.1 Å². The molecule has 0 atom stereocenters. The Hall–Kier alpha value is -2.93. The average Bonchev–Trinajstić information content (AvgIpc) is 2.57.